The number of hydrazine groups is 1. The van der Waals surface area contributed by atoms with Gasteiger partial charge < -0.3 is 9.45 Å². The van der Waals surface area contributed by atoms with Crippen molar-refractivity contribution >= 4 is 29.4 Å². The number of hydrogen-bond acceptors (Lipinski definition) is 5. The molecule has 0 radical (unpaired) electrons. The van der Waals surface area contributed by atoms with E-state index in [1.165, 1.54) is 6.20 Å². The molecule has 1 fully saturated rings. The van der Waals surface area contributed by atoms with Crippen molar-refractivity contribution in [2.24, 2.45) is 7.05 Å². The Morgan fingerprint density at radius 2 is 2.11 bits per heavy atom. The molecular weight excluding hydrogens is 290 g/mol. The van der Waals surface area contributed by atoms with E-state index in [9.17, 15) is 8.76 Å². The monoisotopic (exact) mass is 308 g/mol. The van der Waals surface area contributed by atoms with Crippen molar-refractivity contribution in [3.8, 4) is 0 Å². The smallest absolute Gasteiger partial charge is 0.104 e. The zero-order valence-electron chi connectivity index (χ0n) is 11.0. The summed E-state index contributed by atoms with van der Waals surface area (Å²) in [6.07, 6.45) is 5.06. The maximum atomic E-state index is 11.3. The predicted octanol–water partition coefficient (Wildman–Crippen LogP) is 0.0412. The lowest BCUT2D eigenvalue weighted by Gasteiger charge is -2.34. The maximum Gasteiger partial charge on any atom is 0.104 e. The van der Waals surface area contributed by atoms with Crippen LogP contribution >= 0.6 is 12.4 Å². The van der Waals surface area contributed by atoms with E-state index in [2.05, 4.69) is 22.5 Å². The molecule has 0 spiro atoms. The molecule has 7 nitrogen and oxygen atoms in total. The summed E-state index contributed by atoms with van der Waals surface area (Å²) in [5.41, 5.74) is 3.58. The molecule has 1 aromatic heterocycles. The minimum Gasteiger partial charge on any atom is -0.754 e. The third-order valence-electron chi connectivity index (χ3n) is 3.09. The number of piperidine rings is 1. The molecule has 110 valence electrons. The summed E-state index contributed by atoms with van der Waals surface area (Å²) < 4.78 is 25.3. The molecule has 0 amide bonds. The van der Waals surface area contributed by atoms with Crippen molar-refractivity contribution in [1.29, 1.82) is 0 Å². The second-order valence-electron chi connectivity index (χ2n) is 4.59. The molecule has 0 saturated carbocycles. The third-order valence-corrected chi connectivity index (χ3v) is 3.71. The van der Waals surface area contributed by atoms with Crippen LogP contribution in [0.4, 0.5) is 5.69 Å². The molecule has 0 aliphatic carbocycles. The van der Waals surface area contributed by atoms with Gasteiger partial charge in [-0.15, -0.1) is 12.4 Å². The average Bonchev–Trinajstić information content (AvgIpc) is 2.74. The van der Waals surface area contributed by atoms with Crippen LogP contribution in [0.1, 0.15) is 12.8 Å². The van der Waals surface area contributed by atoms with E-state index in [1.807, 2.05) is 0 Å². The first kappa shape index (κ1) is 16.4. The largest absolute Gasteiger partial charge is 0.754 e. The maximum absolute atomic E-state index is 11.3. The van der Waals surface area contributed by atoms with Gasteiger partial charge in [-0.05, 0) is 33.0 Å². The summed E-state index contributed by atoms with van der Waals surface area (Å²) >= 11 is -2.35. The van der Waals surface area contributed by atoms with Gasteiger partial charge in [-0.1, -0.05) is 0 Å². The number of halogens is 1. The summed E-state index contributed by atoms with van der Waals surface area (Å²) in [4.78, 5) is 2.24. The first-order valence-corrected chi connectivity index (χ1v) is 6.92. The highest BCUT2D eigenvalue weighted by Crippen LogP contribution is 2.15. The molecule has 0 aromatic carbocycles. The molecule has 1 unspecified atom stereocenters. The number of aryl methyl sites for hydroxylation is 1. The number of anilines is 1. The lowest BCUT2D eigenvalue weighted by molar-refractivity contribution is 0.236. The topological polar surface area (TPSA) is 76.5 Å². The van der Waals surface area contributed by atoms with Gasteiger partial charge in [-0.2, -0.15) is 5.10 Å². The van der Waals surface area contributed by atoms with Gasteiger partial charge in [0.25, 0.3) is 0 Å². The number of likely N-dealkylation sites (tertiary alicyclic amines) is 1. The van der Waals surface area contributed by atoms with Crippen LogP contribution in [0.15, 0.2) is 12.4 Å². The fourth-order valence-electron chi connectivity index (χ4n) is 2.02. The SMILES string of the molecule is CN1CCC(NN(c2cnn(C)c2)S(=O)[O-])CC1.Cl. The van der Waals surface area contributed by atoms with Gasteiger partial charge in [0.05, 0.1) is 23.7 Å². The minimum absolute atomic E-state index is 0. The van der Waals surface area contributed by atoms with E-state index in [0.717, 1.165) is 30.3 Å². The summed E-state index contributed by atoms with van der Waals surface area (Å²) in [7, 11) is 3.83. The van der Waals surface area contributed by atoms with Crippen molar-refractivity contribution in [2.75, 3.05) is 24.6 Å². The van der Waals surface area contributed by atoms with Gasteiger partial charge in [-0.3, -0.25) is 8.89 Å². The van der Waals surface area contributed by atoms with Crippen LogP contribution in [0.3, 0.4) is 0 Å². The summed E-state index contributed by atoms with van der Waals surface area (Å²) in [5.74, 6) is 0. The van der Waals surface area contributed by atoms with Crippen LogP contribution in [0.25, 0.3) is 0 Å². The molecule has 1 N–H and O–H groups in total. The Morgan fingerprint density at radius 1 is 1.47 bits per heavy atom. The Morgan fingerprint density at radius 3 is 2.58 bits per heavy atom. The first-order chi connectivity index (χ1) is 8.56. The van der Waals surface area contributed by atoms with E-state index < -0.39 is 11.3 Å². The molecule has 0 bridgehead atoms. The summed E-state index contributed by atoms with van der Waals surface area (Å²) in [5, 5.41) is 3.98. The van der Waals surface area contributed by atoms with Crippen molar-refractivity contribution in [3.63, 3.8) is 0 Å². The summed E-state index contributed by atoms with van der Waals surface area (Å²) in [6.45, 7) is 1.95. The highest BCUT2D eigenvalue weighted by atomic mass is 35.5. The van der Waals surface area contributed by atoms with Gasteiger partial charge in [0.2, 0.25) is 0 Å². The average molecular weight is 309 g/mol. The van der Waals surface area contributed by atoms with Crippen molar-refractivity contribution in [2.45, 2.75) is 18.9 Å². The molecule has 2 heterocycles. The lowest BCUT2D eigenvalue weighted by atomic mass is 10.1. The molecule has 1 atom stereocenters. The van der Waals surface area contributed by atoms with Crippen molar-refractivity contribution < 1.29 is 8.76 Å². The van der Waals surface area contributed by atoms with Gasteiger partial charge in [0, 0.05) is 13.1 Å². The third kappa shape index (κ3) is 4.43. The second kappa shape index (κ2) is 7.20. The number of rotatable bonds is 4. The molecule has 1 aliphatic rings. The molecule has 1 saturated heterocycles. The summed E-state index contributed by atoms with van der Waals surface area (Å²) in [6, 6.07) is 0.180. The quantitative estimate of drug-likeness (QED) is 0.628. The van der Waals surface area contributed by atoms with Gasteiger partial charge in [0.1, 0.15) is 5.69 Å². The second-order valence-corrected chi connectivity index (χ2v) is 5.39. The normalized spacial score (nSPS) is 18.9. The van der Waals surface area contributed by atoms with Crippen LogP contribution < -0.4 is 9.84 Å². The number of nitrogens with one attached hydrogen (secondary N) is 1. The first-order valence-electron chi connectivity index (χ1n) is 5.89. The van der Waals surface area contributed by atoms with E-state index >= 15 is 0 Å². The highest BCUT2D eigenvalue weighted by molar-refractivity contribution is 7.80. The van der Waals surface area contributed by atoms with Gasteiger partial charge in [-0.25, -0.2) is 9.84 Å². The van der Waals surface area contributed by atoms with Crippen LogP contribution in [-0.2, 0) is 18.3 Å². The van der Waals surface area contributed by atoms with E-state index in [1.54, 1.807) is 17.9 Å². The molecular formula is C10H19ClN5O2S-. The predicted molar refractivity (Wildman–Crippen MR) is 75.5 cm³/mol. The van der Waals surface area contributed by atoms with E-state index in [4.69, 9.17) is 0 Å². The van der Waals surface area contributed by atoms with E-state index in [-0.39, 0.29) is 18.4 Å². The number of aromatic nitrogens is 2. The lowest BCUT2D eigenvalue weighted by Crippen LogP contribution is -2.50. The van der Waals surface area contributed by atoms with Crippen molar-refractivity contribution in [1.82, 2.24) is 20.1 Å². The van der Waals surface area contributed by atoms with Crippen LogP contribution in [-0.4, -0.2) is 49.6 Å². The Balaban J connectivity index is 0.00000180. The molecule has 2 rings (SSSR count). The Hall–Kier alpha value is -0.670. The standard InChI is InChI=1S/C10H19N5O2S.ClH/c1-13-5-3-9(4-6-13)12-15(18(16)17)10-7-11-14(2)8-10;/h7-9,12H,3-6H2,1-2H3,(H,16,17);1H/p-1. The number of hydrogen-bond donors (Lipinski definition) is 1. The zero-order chi connectivity index (χ0) is 13.1. The molecule has 19 heavy (non-hydrogen) atoms. The minimum atomic E-state index is -2.35. The Kier molecular flexibility index (Phi) is 6.21. The molecule has 1 aliphatic heterocycles. The highest BCUT2D eigenvalue weighted by Gasteiger charge is 2.20. The fourth-order valence-corrected chi connectivity index (χ4v) is 2.52. The van der Waals surface area contributed by atoms with Crippen molar-refractivity contribution in [3.05, 3.63) is 12.4 Å². The molecule has 1 aromatic rings. The number of nitrogens with zero attached hydrogens (tertiary/aromatic N) is 4. The van der Waals surface area contributed by atoms with Crippen LogP contribution in [0, 0.1) is 0 Å². The van der Waals surface area contributed by atoms with Gasteiger partial charge in [0.15, 0.2) is 0 Å². The van der Waals surface area contributed by atoms with Crippen LogP contribution in [0.2, 0.25) is 0 Å². The van der Waals surface area contributed by atoms with Crippen LogP contribution in [0.5, 0.6) is 0 Å². The van der Waals surface area contributed by atoms with E-state index in [0.29, 0.717) is 5.69 Å². The Bertz CT molecular complexity index is 422. The zero-order valence-corrected chi connectivity index (χ0v) is 12.6. The Labute approximate surface area is 121 Å². The van der Waals surface area contributed by atoms with Gasteiger partial charge >= 0.3 is 0 Å². The molecule has 9 heteroatoms. The fraction of sp³-hybridized carbons (Fsp3) is 0.700.